The number of benzene rings is 1. The molecule has 1 aromatic carbocycles. The second-order valence-corrected chi connectivity index (χ2v) is 6.68. The van der Waals surface area contributed by atoms with Crippen LogP contribution in [-0.4, -0.2) is 34.1 Å². The second kappa shape index (κ2) is 7.01. The Labute approximate surface area is 121 Å². The van der Waals surface area contributed by atoms with E-state index in [4.69, 9.17) is 15.4 Å². The van der Waals surface area contributed by atoms with Crippen LogP contribution in [0.1, 0.15) is 23.7 Å². The van der Waals surface area contributed by atoms with Gasteiger partial charge in [-0.1, -0.05) is 6.92 Å². The van der Waals surface area contributed by atoms with Gasteiger partial charge in [0, 0.05) is 17.8 Å². The molecule has 1 unspecified atom stereocenters. The average Bonchev–Trinajstić information content (AvgIpc) is 2.37. The fourth-order valence-corrected chi connectivity index (χ4v) is 2.33. The third kappa shape index (κ3) is 4.43. The van der Waals surface area contributed by atoms with E-state index in [9.17, 15) is 17.6 Å². The van der Waals surface area contributed by atoms with Crippen LogP contribution >= 0.6 is 10.7 Å². The van der Waals surface area contributed by atoms with E-state index in [1.807, 2.05) is 6.92 Å². The van der Waals surface area contributed by atoms with Crippen LogP contribution in [0.15, 0.2) is 23.1 Å². The maximum absolute atomic E-state index is 13.6. The lowest BCUT2D eigenvalue weighted by atomic mass is 10.1. The van der Waals surface area contributed by atoms with Crippen molar-refractivity contribution in [1.29, 1.82) is 0 Å². The molecule has 1 amide bonds. The Morgan fingerprint density at radius 3 is 2.65 bits per heavy atom. The van der Waals surface area contributed by atoms with E-state index in [1.165, 1.54) is 7.11 Å². The lowest BCUT2D eigenvalue weighted by molar-refractivity contribution is 0.0890. The van der Waals surface area contributed by atoms with Crippen LogP contribution in [0.3, 0.4) is 0 Å². The first-order chi connectivity index (χ1) is 9.29. The third-order valence-electron chi connectivity index (χ3n) is 2.66. The summed E-state index contributed by atoms with van der Waals surface area (Å²) in [5.41, 5.74) is -0.374. The number of carbonyl (C=O) groups excluding carboxylic acids is 1. The van der Waals surface area contributed by atoms with Crippen LogP contribution in [0, 0.1) is 5.82 Å². The molecule has 0 aliphatic carbocycles. The minimum atomic E-state index is -4.02. The van der Waals surface area contributed by atoms with Crippen molar-refractivity contribution < 1.29 is 22.3 Å². The number of ether oxygens (including phenoxy) is 1. The molecule has 8 heteroatoms. The Morgan fingerprint density at radius 2 is 2.15 bits per heavy atom. The molecule has 1 atom stereocenters. The molecule has 1 rings (SSSR count). The number of halogens is 2. The van der Waals surface area contributed by atoms with E-state index in [1.54, 1.807) is 0 Å². The number of nitrogens with one attached hydrogen (secondary N) is 1. The Kier molecular flexibility index (Phi) is 5.91. The number of rotatable bonds is 6. The summed E-state index contributed by atoms with van der Waals surface area (Å²) in [4.78, 5) is 11.6. The summed E-state index contributed by atoms with van der Waals surface area (Å²) < 4.78 is 40.9. The predicted molar refractivity (Wildman–Crippen MR) is 72.9 cm³/mol. The van der Waals surface area contributed by atoms with Crippen molar-refractivity contribution in [1.82, 2.24) is 5.32 Å². The Balaban J connectivity index is 3.03. The fraction of sp³-hybridized carbons (Fsp3) is 0.417. The number of methoxy groups -OCH3 is 1. The summed E-state index contributed by atoms with van der Waals surface area (Å²) in [6, 6.07) is 2.51. The lowest BCUT2D eigenvalue weighted by Gasteiger charge is -2.16. The maximum Gasteiger partial charge on any atom is 0.261 e. The highest BCUT2D eigenvalue weighted by Crippen LogP contribution is 2.18. The van der Waals surface area contributed by atoms with Gasteiger partial charge in [-0.05, 0) is 24.6 Å². The Hall–Kier alpha value is -1.18. The van der Waals surface area contributed by atoms with Gasteiger partial charge < -0.3 is 10.1 Å². The normalized spacial score (nSPS) is 13.0. The molecule has 1 N–H and O–H groups in total. The fourth-order valence-electron chi connectivity index (χ4n) is 1.56. The SMILES string of the molecule is CCC(COC)NC(=O)c1cc(S(=O)(=O)Cl)ccc1F. The molecule has 0 radical (unpaired) electrons. The number of amides is 1. The highest BCUT2D eigenvalue weighted by atomic mass is 35.7. The van der Waals surface area contributed by atoms with Gasteiger partial charge in [0.2, 0.25) is 0 Å². The van der Waals surface area contributed by atoms with Crippen molar-refractivity contribution in [3.8, 4) is 0 Å². The zero-order valence-corrected chi connectivity index (χ0v) is 12.6. The van der Waals surface area contributed by atoms with Gasteiger partial charge in [-0.25, -0.2) is 12.8 Å². The van der Waals surface area contributed by atoms with Crippen LogP contribution < -0.4 is 5.32 Å². The zero-order chi connectivity index (χ0) is 15.3. The molecule has 5 nitrogen and oxygen atoms in total. The topological polar surface area (TPSA) is 72.5 Å². The lowest BCUT2D eigenvalue weighted by Crippen LogP contribution is -2.37. The molecule has 0 saturated heterocycles. The molecule has 0 heterocycles. The van der Waals surface area contributed by atoms with Gasteiger partial charge in [0.05, 0.1) is 23.1 Å². The smallest absolute Gasteiger partial charge is 0.261 e. The van der Waals surface area contributed by atoms with E-state index in [0.717, 1.165) is 18.2 Å². The van der Waals surface area contributed by atoms with Crippen LogP contribution in [0.25, 0.3) is 0 Å². The van der Waals surface area contributed by atoms with Gasteiger partial charge in [-0.3, -0.25) is 4.79 Å². The first kappa shape index (κ1) is 16.9. The van der Waals surface area contributed by atoms with Crippen molar-refractivity contribution in [3.63, 3.8) is 0 Å². The van der Waals surface area contributed by atoms with E-state index in [2.05, 4.69) is 5.32 Å². The number of hydrogen-bond donors (Lipinski definition) is 1. The molecule has 20 heavy (non-hydrogen) atoms. The molecular formula is C12H15ClFNO4S. The van der Waals surface area contributed by atoms with E-state index in [-0.39, 0.29) is 23.1 Å². The number of carbonyl (C=O) groups is 1. The molecule has 1 aromatic rings. The van der Waals surface area contributed by atoms with Gasteiger partial charge in [-0.2, -0.15) is 0 Å². The molecule has 0 aromatic heterocycles. The van der Waals surface area contributed by atoms with Gasteiger partial charge in [0.25, 0.3) is 15.0 Å². The number of hydrogen-bond acceptors (Lipinski definition) is 4. The van der Waals surface area contributed by atoms with E-state index >= 15 is 0 Å². The first-order valence-electron chi connectivity index (χ1n) is 5.83. The van der Waals surface area contributed by atoms with Crippen molar-refractivity contribution in [2.75, 3.05) is 13.7 Å². The predicted octanol–water partition coefficient (Wildman–Crippen LogP) is 1.91. The van der Waals surface area contributed by atoms with Crippen molar-refractivity contribution in [2.45, 2.75) is 24.3 Å². The third-order valence-corrected chi connectivity index (χ3v) is 4.01. The van der Waals surface area contributed by atoms with Crippen LogP contribution in [0.4, 0.5) is 4.39 Å². The quantitative estimate of drug-likeness (QED) is 0.812. The molecule has 0 bridgehead atoms. The summed E-state index contributed by atoms with van der Waals surface area (Å²) in [6.45, 7) is 2.11. The first-order valence-corrected chi connectivity index (χ1v) is 8.14. The summed E-state index contributed by atoms with van der Waals surface area (Å²) in [7, 11) is 2.63. The highest BCUT2D eigenvalue weighted by molar-refractivity contribution is 8.13. The molecular weight excluding hydrogens is 309 g/mol. The van der Waals surface area contributed by atoms with Gasteiger partial charge in [0.1, 0.15) is 5.82 Å². The van der Waals surface area contributed by atoms with Crippen LogP contribution in [0.5, 0.6) is 0 Å². The van der Waals surface area contributed by atoms with Crippen LogP contribution in [0.2, 0.25) is 0 Å². The maximum atomic E-state index is 13.6. The summed E-state index contributed by atoms with van der Waals surface area (Å²) in [6.07, 6.45) is 0.592. The van der Waals surface area contributed by atoms with Gasteiger partial charge >= 0.3 is 0 Å². The van der Waals surface area contributed by atoms with Gasteiger partial charge in [0.15, 0.2) is 0 Å². The summed E-state index contributed by atoms with van der Waals surface area (Å²) in [5.74, 6) is -1.53. The molecule has 0 aliphatic rings. The Morgan fingerprint density at radius 1 is 1.50 bits per heavy atom. The molecule has 0 saturated carbocycles. The average molecular weight is 324 g/mol. The minimum absolute atomic E-state index is 0.275. The van der Waals surface area contributed by atoms with E-state index in [0.29, 0.717) is 6.42 Å². The Bertz CT molecular complexity index is 591. The minimum Gasteiger partial charge on any atom is -0.383 e. The highest BCUT2D eigenvalue weighted by Gasteiger charge is 2.19. The summed E-state index contributed by atoms with van der Waals surface area (Å²) in [5, 5.41) is 2.56. The summed E-state index contributed by atoms with van der Waals surface area (Å²) >= 11 is 0. The molecule has 0 fully saturated rings. The van der Waals surface area contributed by atoms with E-state index < -0.39 is 20.8 Å². The standard InChI is InChI=1S/C12H15ClFNO4S/c1-3-8(7-19-2)15-12(16)10-6-9(20(13,17)18)4-5-11(10)14/h4-6,8H,3,7H2,1-2H3,(H,15,16). The largest absolute Gasteiger partial charge is 0.383 e. The second-order valence-electron chi connectivity index (χ2n) is 4.11. The van der Waals surface area contributed by atoms with Crippen molar-refractivity contribution in [3.05, 3.63) is 29.6 Å². The van der Waals surface area contributed by atoms with Crippen molar-refractivity contribution in [2.24, 2.45) is 0 Å². The monoisotopic (exact) mass is 323 g/mol. The zero-order valence-electron chi connectivity index (χ0n) is 11.0. The molecule has 112 valence electrons. The molecule has 0 aliphatic heterocycles. The van der Waals surface area contributed by atoms with Crippen molar-refractivity contribution >= 4 is 25.6 Å². The molecule has 0 spiro atoms. The van der Waals surface area contributed by atoms with Crippen LogP contribution in [-0.2, 0) is 13.8 Å². The van der Waals surface area contributed by atoms with Gasteiger partial charge in [-0.15, -0.1) is 0 Å².